The molecular weight excluding hydrogens is 370 g/mol. The predicted molar refractivity (Wildman–Crippen MR) is 108 cm³/mol. The molecule has 5 rings (SSSR count). The third-order valence-electron chi connectivity index (χ3n) is 5.25. The smallest absolute Gasteiger partial charge is 0.411 e. The average Bonchev–Trinajstić information content (AvgIpc) is 3.16. The number of hydrogen-bond donors (Lipinski definition) is 2. The molecule has 2 aliphatic heterocycles. The van der Waals surface area contributed by atoms with E-state index in [-0.39, 0.29) is 18.4 Å². The summed E-state index contributed by atoms with van der Waals surface area (Å²) in [7, 11) is 0. The Morgan fingerprint density at radius 1 is 1.14 bits per heavy atom. The fourth-order valence-corrected chi connectivity index (χ4v) is 3.73. The summed E-state index contributed by atoms with van der Waals surface area (Å²) in [6, 6.07) is 13.7. The lowest BCUT2D eigenvalue weighted by molar-refractivity contribution is -0.119. The molecule has 2 aliphatic rings. The van der Waals surface area contributed by atoms with Gasteiger partial charge >= 0.3 is 6.09 Å². The topological polar surface area (TPSA) is 89.5 Å². The van der Waals surface area contributed by atoms with Crippen LogP contribution in [0.5, 0.6) is 5.75 Å². The summed E-state index contributed by atoms with van der Waals surface area (Å²) in [5.74, 6) is 0.983. The molecule has 146 valence electrons. The van der Waals surface area contributed by atoms with Crippen LogP contribution in [0, 0.1) is 5.92 Å². The lowest BCUT2D eigenvalue weighted by Gasteiger charge is -2.19. The van der Waals surface area contributed by atoms with Crippen LogP contribution in [0.1, 0.15) is 12.0 Å². The lowest BCUT2D eigenvalue weighted by Crippen LogP contribution is -2.20. The maximum Gasteiger partial charge on any atom is 0.411 e. The summed E-state index contributed by atoms with van der Waals surface area (Å²) in [6.45, 7) is 1.36. The number of ether oxygens (including phenoxy) is 2. The van der Waals surface area contributed by atoms with Crippen molar-refractivity contribution in [2.24, 2.45) is 5.92 Å². The number of rotatable bonds is 4. The Kier molecular flexibility index (Phi) is 4.27. The van der Waals surface area contributed by atoms with Gasteiger partial charge in [-0.2, -0.15) is 0 Å². The molecule has 1 fully saturated rings. The first-order valence-electron chi connectivity index (χ1n) is 9.51. The molecule has 2 amide bonds. The van der Waals surface area contributed by atoms with Crippen molar-refractivity contribution in [3.05, 3.63) is 54.2 Å². The van der Waals surface area contributed by atoms with Crippen LogP contribution in [-0.2, 0) is 16.1 Å². The third kappa shape index (κ3) is 3.47. The van der Waals surface area contributed by atoms with Crippen molar-refractivity contribution in [1.29, 1.82) is 0 Å². The van der Waals surface area contributed by atoms with Gasteiger partial charge in [-0.15, -0.1) is 0 Å². The van der Waals surface area contributed by atoms with Gasteiger partial charge in [-0.3, -0.25) is 15.1 Å². The van der Waals surface area contributed by atoms with Gasteiger partial charge in [-0.25, -0.2) is 4.79 Å². The highest BCUT2D eigenvalue weighted by atomic mass is 16.5. The van der Waals surface area contributed by atoms with Crippen molar-refractivity contribution in [3.8, 4) is 16.9 Å². The van der Waals surface area contributed by atoms with Crippen LogP contribution < -0.4 is 15.4 Å². The number of pyridine rings is 1. The van der Waals surface area contributed by atoms with Gasteiger partial charge < -0.3 is 14.8 Å². The van der Waals surface area contributed by atoms with Gasteiger partial charge in [0.15, 0.2) is 0 Å². The minimum atomic E-state index is -0.435. The molecule has 1 saturated heterocycles. The largest absolute Gasteiger partial charge is 0.492 e. The zero-order chi connectivity index (χ0) is 19.8. The van der Waals surface area contributed by atoms with Gasteiger partial charge in [-0.1, -0.05) is 6.07 Å². The molecule has 1 aromatic heterocycles. The van der Waals surface area contributed by atoms with E-state index in [1.165, 1.54) is 0 Å². The lowest BCUT2D eigenvalue weighted by atomic mass is 9.99. The summed E-state index contributed by atoms with van der Waals surface area (Å²) in [6.07, 6.45) is 1.81. The van der Waals surface area contributed by atoms with Crippen molar-refractivity contribution in [2.45, 2.75) is 13.0 Å². The molecule has 0 spiro atoms. The number of benzene rings is 2. The van der Waals surface area contributed by atoms with E-state index in [4.69, 9.17) is 9.47 Å². The summed E-state index contributed by atoms with van der Waals surface area (Å²) in [4.78, 5) is 27.3. The van der Waals surface area contributed by atoms with E-state index in [2.05, 4.69) is 15.6 Å². The minimum absolute atomic E-state index is 0.0715. The second-order valence-electron chi connectivity index (χ2n) is 7.30. The molecule has 2 aromatic carbocycles. The zero-order valence-corrected chi connectivity index (χ0v) is 15.6. The number of cyclic esters (lactones) is 1. The van der Waals surface area contributed by atoms with Crippen LogP contribution in [0.3, 0.4) is 0 Å². The van der Waals surface area contributed by atoms with E-state index in [9.17, 15) is 9.59 Å². The number of carbonyl (C=O) groups excluding carboxylic acids is 2. The second kappa shape index (κ2) is 7.09. The molecule has 0 aliphatic carbocycles. The van der Waals surface area contributed by atoms with Gasteiger partial charge in [0.25, 0.3) is 0 Å². The standard InChI is InChI=1S/C22H19N3O4/c26-21-6-13(10-24-21)11-28-20-9-15(8-19-17(20)2-1-5-23-19)14-3-4-18-16(7-14)12-29-22(27)25-18/h1-5,7-9,13H,6,10-12H2,(H,24,26)(H,25,27)/t13-/m1/s1. The normalized spacial score (nSPS) is 18.0. The second-order valence-corrected chi connectivity index (χ2v) is 7.30. The van der Waals surface area contributed by atoms with Crippen molar-refractivity contribution in [1.82, 2.24) is 10.3 Å². The number of fused-ring (bicyclic) bond motifs is 2. The molecule has 0 radical (unpaired) electrons. The number of anilines is 1. The Morgan fingerprint density at radius 2 is 2.07 bits per heavy atom. The van der Waals surface area contributed by atoms with Crippen LogP contribution in [0.2, 0.25) is 0 Å². The number of aromatic nitrogens is 1. The maximum absolute atomic E-state index is 11.4. The number of nitrogens with zero attached hydrogens (tertiary/aromatic N) is 1. The Hall–Kier alpha value is -3.61. The van der Waals surface area contributed by atoms with E-state index in [1.807, 2.05) is 42.5 Å². The summed E-state index contributed by atoms with van der Waals surface area (Å²) < 4.78 is 11.2. The number of carbonyl (C=O) groups is 2. The monoisotopic (exact) mass is 389 g/mol. The van der Waals surface area contributed by atoms with Crippen molar-refractivity contribution >= 4 is 28.6 Å². The van der Waals surface area contributed by atoms with E-state index in [0.29, 0.717) is 19.6 Å². The first-order valence-corrected chi connectivity index (χ1v) is 9.51. The fourth-order valence-electron chi connectivity index (χ4n) is 3.73. The highest BCUT2D eigenvalue weighted by Crippen LogP contribution is 2.34. The van der Waals surface area contributed by atoms with Crippen LogP contribution >= 0.6 is 0 Å². The molecule has 7 heteroatoms. The maximum atomic E-state index is 11.4. The molecule has 7 nitrogen and oxygen atoms in total. The molecule has 3 heterocycles. The SMILES string of the molecule is O=C1C[C@@H](COc2cc(-c3ccc4c(c3)COC(=O)N4)cc3ncccc23)CN1. The Labute approximate surface area is 167 Å². The highest BCUT2D eigenvalue weighted by molar-refractivity contribution is 5.91. The van der Waals surface area contributed by atoms with Gasteiger partial charge in [0.2, 0.25) is 5.91 Å². The van der Waals surface area contributed by atoms with Gasteiger partial charge in [0.05, 0.1) is 17.8 Å². The van der Waals surface area contributed by atoms with E-state index in [0.717, 1.165) is 39.0 Å². The Balaban J connectivity index is 1.49. The molecule has 0 saturated carbocycles. The number of amides is 2. The van der Waals surface area contributed by atoms with Crippen molar-refractivity contribution in [3.63, 3.8) is 0 Å². The molecule has 29 heavy (non-hydrogen) atoms. The Morgan fingerprint density at radius 3 is 2.93 bits per heavy atom. The highest BCUT2D eigenvalue weighted by Gasteiger charge is 2.22. The van der Waals surface area contributed by atoms with Crippen LogP contribution in [0.15, 0.2) is 48.7 Å². The molecule has 2 N–H and O–H groups in total. The average molecular weight is 389 g/mol. The molecule has 3 aromatic rings. The summed E-state index contributed by atoms with van der Waals surface area (Å²) >= 11 is 0. The third-order valence-corrected chi connectivity index (χ3v) is 5.25. The van der Waals surface area contributed by atoms with Gasteiger partial charge in [-0.05, 0) is 47.5 Å². The first-order chi connectivity index (χ1) is 14.2. The number of nitrogens with one attached hydrogen (secondary N) is 2. The Bertz CT molecular complexity index is 1130. The first kappa shape index (κ1) is 17.5. The van der Waals surface area contributed by atoms with Gasteiger partial charge in [0, 0.05) is 36.0 Å². The van der Waals surface area contributed by atoms with E-state index < -0.39 is 6.09 Å². The quantitative estimate of drug-likeness (QED) is 0.713. The van der Waals surface area contributed by atoms with Crippen LogP contribution in [0.25, 0.3) is 22.0 Å². The van der Waals surface area contributed by atoms with Crippen molar-refractivity contribution < 1.29 is 19.1 Å². The molecule has 1 atom stereocenters. The minimum Gasteiger partial charge on any atom is -0.492 e. The van der Waals surface area contributed by atoms with E-state index >= 15 is 0 Å². The van der Waals surface area contributed by atoms with Gasteiger partial charge in [0.1, 0.15) is 12.4 Å². The van der Waals surface area contributed by atoms with Crippen molar-refractivity contribution in [2.75, 3.05) is 18.5 Å². The van der Waals surface area contributed by atoms with Crippen LogP contribution in [-0.4, -0.2) is 30.1 Å². The fraction of sp³-hybridized carbons (Fsp3) is 0.227. The summed E-state index contributed by atoms with van der Waals surface area (Å²) in [5, 5.41) is 6.47. The van der Waals surface area contributed by atoms with Crippen LogP contribution in [0.4, 0.5) is 10.5 Å². The molecule has 0 bridgehead atoms. The summed E-state index contributed by atoms with van der Waals surface area (Å²) in [5.41, 5.74) is 4.47. The predicted octanol–water partition coefficient (Wildman–Crippen LogP) is 3.48. The number of hydrogen-bond acceptors (Lipinski definition) is 5. The molecular formula is C22H19N3O4. The zero-order valence-electron chi connectivity index (χ0n) is 15.6. The molecule has 0 unspecified atom stereocenters. The van der Waals surface area contributed by atoms with E-state index in [1.54, 1.807) is 6.20 Å².